The van der Waals surface area contributed by atoms with E-state index in [1.807, 2.05) is 6.92 Å². The zero-order valence-corrected chi connectivity index (χ0v) is 14.4. The van der Waals surface area contributed by atoms with E-state index in [1.165, 1.54) is 18.2 Å². The van der Waals surface area contributed by atoms with Gasteiger partial charge in [-0.1, -0.05) is 30.1 Å². The highest BCUT2D eigenvalue weighted by Gasteiger charge is 2.15. The van der Waals surface area contributed by atoms with Gasteiger partial charge >= 0.3 is 0 Å². The summed E-state index contributed by atoms with van der Waals surface area (Å²) in [6, 6.07) is 3.75. The lowest BCUT2D eigenvalue weighted by molar-refractivity contribution is -0.128. The summed E-state index contributed by atoms with van der Waals surface area (Å²) in [4.78, 5) is 35.3. The molecule has 1 aromatic rings. The second kappa shape index (κ2) is 9.37. The number of rotatable bonds is 7. The van der Waals surface area contributed by atoms with E-state index >= 15 is 0 Å². The highest BCUT2D eigenvalue weighted by molar-refractivity contribution is 6.42. The molecule has 0 aromatic heterocycles. The molecule has 0 bridgehead atoms. The smallest absolute Gasteiger partial charge is 0.251 e. The summed E-state index contributed by atoms with van der Waals surface area (Å²) in [6.07, 6.45) is 0.812. The average Bonchev–Trinajstić information content (AvgIpc) is 2.52. The fraction of sp³-hybridized carbons (Fsp3) is 0.400. The number of amides is 3. The van der Waals surface area contributed by atoms with Gasteiger partial charge in [-0.3, -0.25) is 14.4 Å². The van der Waals surface area contributed by atoms with E-state index in [-0.39, 0.29) is 17.5 Å². The third-order valence-corrected chi connectivity index (χ3v) is 3.65. The predicted molar refractivity (Wildman–Crippen MR) is 89.7 cm³/mol. The molecule has 0 aliphatic heterocycles. The number of benzene rings is 1. The molecule has 0 saturated heterocycles. The standard InChI is InChI=1S/C15H19Cl2N3O3/c1-3-6-18-14(22)9(2)20-13(21)8-19-15(23)10-4-5-11(16)12(17)7-10/h4-5,7,9H,3,6,8H2,1-2H3,(H,18,22)(H,19,23)(H,20,21)/t9-/m1/s1. The minimum atomic E-state index is -0.670. The topological polar surface area (TPSA) is 87.3 Å². The van der Waals surface area contributed by atoms with Gasteiger partial charge in [0.25, 0.3) is 5.91 Å². The van der Waals surface area contributed by atoms with Crippen LogP contribution in [0.1, 0.15) is 30.6 Å². The highest BCUT2D eigenvalue weighted by atomic mass is 35.5. The van der Waals surface area contributed by atoms with Crippen molar-refractivity contribution in [1.82, 2.24) is 16.0 Å². The van der Waals surface area contributed by atoms with Crippen LogP contribution >= 0.6 is 23.2 Å². The van der Waals surface area contributed by atoms with Crippen molar-refractivity contribution in [3.05, 3.63) is 33.8 Å². The van der Waals surface area contributed by atoms with Crippen LogP contribution in [0.2, 0.25) is 10.0 Å². The monoisotopic (exact) mass is 359 g/mol. The van der Waals surface area contributed by atoms with E-state index in [4.69, 9.17) is 23.2 Å². The van der Waals surface area contributed by atoms with Gasteiger partial charge in [-0.15, -0.1) is 0 Å². The maximum Gasteiger partial charge on any atom is 0.251 e. The van der Waals surface area contributed by atoms with Gasteiger partial charge in [0.15, 0.2) is 0 Å². The Kier molecular flexibility index (Phi) is 7.85. The van der Waals surface area contributed by atoms with Crippen LogP contribution in [0, 0.1) is 0 Å². The molecule has 1 rings (SSSR count). The Bertz CT molecular complexity index is 593. The van der Waals surface area contributed by atoms with Crippen molar-refractivity contribution >= 4 is 40.9 Å². The van der Waals surface area contributed by atoms with Crippen LogP contribution < -0.4 is 16.0 Å². The quantitative estimate of drug-likeness (QED) is 0.692. The van der Waals surface area contributed by atoms with Gasteiger partial charge in [0.05, 0.1) is 16.6 Å². The van der Waals surface area contributed by atoms with Crippen molar-refractivity contribution in [2.75, 3.05) is 13.1 Å². The summed E-state index contributed by atoms with van der Waals surface area (Å²) in [7, 11) is 0. The third-order valence-electron chi connectivity index (χ3n) is 2.91. The van der Waals surface area contributed by atoms with Crippen LogP contribution in [-0.2, 0) is 9.59 Å². The number of carbonyl (C=O) groups excluding carboxylic acids is 3. The van der Waals surface area contributed by atoms with Crippen LogP contribution in [0.15, 0.2) is 18.2 Å². The second-order valence-corrected chi connectivity index (χ2v) is 5.71. The summed E-state index contributed by atoms with van der Waals surface area (Å²) >= 11 is 11.6. The van der Waals surface area contributed by atoms with Crippen LogP contribution in [0.4, 0.5) is 0 Å². The maximum absolute atomic E-state index is 11.9. The van der Waals surface area contributed by atoms with Crippen LogP contribution in [-0.4, -0.2) is 36.9 Å². The van der Waals surface area contributed by atoms with Gasteiger partial charge in [-0.05, 0) is 31.5 Å². The van der Waals surface area contributed by atoms with Gasteiger partial charge in [0, 0.05) is 12.1 Å². The van der Waals surface area contributed by atoms with Gasteiger partial charge < -0.3 is 16.0 Å². The predicted octanol–water partition coefficient (Wildman–Crippen LogP) is 1.75. The lowest BCUT2D eigenvalue weighted by Crippen LogP contribution is -2.48. The fourth-order valence-electron chi connectivity index (χ4n) is 1.66. The number of hydrogen-bond donors (Lipinski definition) is 3. The number of hydrogen-bond acceptors (Lipinski definition) is 3. The Hall–Kier alpha value is -1.79. The SMILES string of the molecule is CCCNC(=O)[C@@H](C)NC(=O)CNC(=O)c1ccc(Cl)c(Cl)c1. The van der Waals surface area contributed by atoms with Gasteiger partial charge in [0.2, 0.25) is 11.8 Å². The molecule has 1 atom stereocenters. The minimum Gasteiger partial charge on any atom is -0.354 e. The Morgan fingerprint density at radius 3 is 2.43 bits per heavy atom. The number of halogens is 2. The van der Waals surface area contributed by atoms with E-state index in [0.717, 1.165) is 6.42 Å². The van der Waals surface area contributed by atoms with Gasteiger partial charge in [-0.2, -0.15) is 0 Å². The molecule has 6 nitrogen and oxygen atoms in total. The van der Waals surface area contributed by atoms with Gasteiger partial charge in [-0.25, -0.2) is 0 Å². The Morgan fingerprint density at radius 2 is 1.83 bits per heavy atom. The first-order valence-corrected chi connectivity index (χ1v) is 7.91. The lowest BCUT2D eigenvalue weighted by atomic mass is 10.2. The highest BCUT2D eigenvalue weighted by Crippen LogP contribution is 2.22. The molecule has 3 amide bonds. The van der Waals surface area contributed by atoms with Gasteiger partial charge in [0.1, 0.15) is 6.04 Å². The number of carbonyl (C=O) groups is 3. The second-order valence-electron chi connectivity index (χ2n) is 4.89. The summed E-state index contributed by atoms with van der Waals surface area (Å²) in [6.45, 7) is 3.81. The summed E-state index contributed by atoms with van der Waals surface area (Å²) in [5.41, 5.74) is 0.293. The van der Waals surface area contributed by atoms with Crippen LogP contribution in [0.25, 0.3) is 0 Å². The summed E-state index contributed by atoms with van der Waals surface area (Å²) in [5.74, 6) is -1.18. The minimum absolute atomic E-state index is 0.246. The molecular weight excluding hydrogens is 341 g/mol. The Morgan fingerprint density at radius 1 is 1.13 bits per heavy atom. The Labute approximate surface area is 144 Å². The molecular formula is C15H19Cl2N3O3. The van der Waals surface area contributed by atoms with E-state index in [0.29, 0.717) is 17.1 Å². The van der Waals surface area contributed by atoms with Crippen LogP contribution in [0.3, 0.4) is 0 Å². The molecule has 0 heterocycles. The zero-order chi connectivity index (χ0) is 17.4. The lowest BCUT2D eigenvalue weighted by Gasteiger charge is -2.14. The summed E-state index contributed by atoms with van der Waals surface area (Å²) < 4.78 is 0. The molecule has 0 unspecified atom stereocenters. The molecule has 3 N–H and O–H groups in total. The molecule has 0 spiro atoms. The molecule has 0 aliphatic carbocycles. The average molecular weight is 360 g/mol. The Balaban J connectivity index is 2.44. The first-order chi connectivity index (χ1) is 10.8. The molecule has 0 fully saturated rings. The largest absolute Gasteiger partial charge is 0.354 e. The van der Waals surface area contributed by atoms with E-state index in [2.05, 4.69) is 16.0 Å². The maximum atomic E-state index is 11.9. The van der Waals surface area contributed by atoms with E-state index < -0.39 is 17.9 Å². The van der Waals surface area contributed by atoms with Crippen LogP contribution in [0.5, 0.6) is 0 Å². The molecule has 8 heteroatoms. The zero-order valence-electron chi connectivity index (χ0n) is 12.9. The van der Waals surface area contributed by atoms with Crippen molar-refractivity contribution < 1.29 is 14.4 Å². The van der Waals surface area contributed by atoms with Crippen molar-refractivity contribution in [1.29, 1.82) is 0 Å². The fourth-order valence-corrected chi connectivity index (χ4v) is 1.96. The number of nitrogens with one attached hydrogen (secondary N) is 3. The normalized spacial score (nSPS) is 11.5. The van der Waals surface area contributed by atoms with Crippen molar-refractivity contribution in [3.8, 4) is 0 Å². The van der Waals surface area contributed by atoms with Crippen molar-refractivity contribution in [2.45, 2.75) is 26.3 Å². The summed E-state index contributed by atoms with van der Waals surface area (Å²) in [5, 5.41) is 8.22. The molecule has 0 saturated carbocycles. The third kappa shape index (κ3) is 6.46. The van der Waals surface area contributed by atoms with Crippen molar-refractivity contribution in [3.63, 3.8) is 0 Å². The molecule has 0 aliphatic rings. The van der Waals surface area contributed by atoms with E-state index in [1.54, 1.807) is 6.92 Å². The molecule has 23 heavy (non-hydrogen) atoms. The molecule has 0 radical (unpaired) electrons. The van der Waals surface area contributed by atoms with Crippen molar-refractivity contribution in [2.24, 2.45) is 0 Å². The molecule has 126 valence electrons. The first kappa shape index (κ1) is 19.3. The molecule has 1 aromatic carbocycles. The first-order valence-electron chi connectivity index (χ1n) is 7.15. The van der Waals surface area contributed by atoms with E-state index in [9.17, 15) is 14.4 Å².